The quantitative estimate of drug-likeness (QED) is 0.900. The Balaban J connectivity index is 3.06. The molecule has 0 radical (unpaired) electrons. The summed E-state index contributed by atoms with van der Waals surface area (Å²) in [6.07, 6.45) is 0. The Morgan fingerprint density at radius 1 is 1.35 bits per heavy atom. The summed E-state index contributed by atoms with van der Waals surface area (Å²) in [5.41, 5.74) is -1.01. The van der Waals surface area contributed by atoms with Gasteiger partial charge in [-0.1, -0.05) is 0 Å². The van der Waals surface area contributed by atoms with Crippen LogP contribution in [0.5, 0.6) is 5.75 Å². The number of nitrogens with zero attached hydrogens (tertiary/aromatic N) is 1. The van der Waals surface area contributed by atoms with Crippen molar-refractivity contribution in [1.29, 1.82) is 0 Å². The number of amides is 1. The molecule has 0 atom stereocenters. The molecule has 1 aromatic rings. The highest BCUT2D eigenvalue weighted by atomic mass is 19.2. The molecule has 1 amide bonds. The zero-order valence-electron chi connectivity index (χ0n) is 12.4. The highest BCUT2D eigenvalue weighted by molar-refractivity contribution is 5.97. The topological polar surface area (TPSA) is 41.6 Å². The van der Waals surface area contributed by atoms with Crippen LogP contribution in [0.1, 0.15) is 24.2 Å². The van der Waals surface area contributed by atoms with Crippen LogP contribution in [0.3, 0.4) is 0 Å². The molecule has 112 valence electrons. The smallest absolute Gasteiger partial charge is 0.258 e. The van der Waals surface area contributed by atoms with E-state index >= 15 is 0 Å². The first-order valence-corrected chi connectivity index (χ1v) is 6.17. The summed E-state index contributed by atoms with van der Waals surface area (Å²) in [6.45, 7) is 4.15. The molecule has 1 N–H and O–H groups in total. The summed E-state index contributed by atoms with van der Waals surface area (Å²) in [7, 11) is 5.02. The SMILES string of the molecule is COc1ccc(F)c(F)c1C(=O)NC(C)(C)CN(C)C. The fourth-order valence-corrected chi connectivity index (χ4v) is 2.11. The average molecular weight is 286 g/mol. The zero-order valence-corrected chi connectivity index (χ0v) is 12.4. The van der Waals surface area contributed by atoms with Crippen molar-refractivity contribution in [3.8, 4) is 5.75 Å². The Bertz CT molecular complexity index is 502. The number of ether oxygens (including phenoxy) is 1. The first-order chi connectivity index (χ1) is 9.18. The van der Waals surface area contributed by atoms with Gasteiger partial charge < -0.3 is 15.0 Å². The van der Waals surface area contributed by atoms with Gasteiger partial charge in [0, 0.05) is 12.1 Å². The fourth-order valence-electron chi connectivity index (χ4n) is 2.11. The lowest BCUT2D eigenvalue weighted by atomic mass is 10.0. The molecule has 0 saturated heterocycles. The van der Waals surface area contributed by atoms with E-state index in [4.69, 9.17) is 4.74 Å². The van der Waals surface area contributed by atoms with Gasteiger partial charge in [0.1, 0.15) is 11.3 Å². The van der Waals surface area contributed by atoms with E-state index in [1.54, 1.807) is 13.8 Å². The van der Waals surface area contributed by atoms with Gasteiger partial charge >= 0.3 is 0 Å². The van der Waals surface area contributed by atoms with E-state index in [9.17, 15) is 13.6 Å². The summed E-state index contributed by atoms with van der Waals surface area (Å²) in [4.78, 5) is 14.1. The molecule has 0 aliphatic carbocycles. The van der Waals surface area contributed by atoms with E-state index in [2.05, 4.69) is 5.32 Å². The number of rotatable bonds is 5. The molecule has 0 spiro atoms. The highest BCUT2D eigenvalue weighted by Crippen LogP contribution is 2.24. The zero-order chi connectivity index (χ0) is 15.5. The molecule has 1 aromatic carbocycles. The maximum atomic E-state index is 13.8. The summed E-state index contributed by atoms with van der Waals surface area (Å²) in [6, 6.07) is 2.15. The van der Waals surface area contributed by atoms with Crippen molar-refractivity contribution < 1.29 is 18.3 Å². The largest absolute Gasteiger partial charge is 0.496 e. The summed E-state index contributed by atoms with van der Waals surface area (Å²) >= 11 is 0. The number of carbonyl (C=O) groups excluding carboxylic acids is 1. The van der Waals surface area contributed by atoms with Crippen molar-refractivity contribution in [1.82, 2.24) is 10.2 Å². The predicted molar refractivity (Wildman–Crippen MR) is 73.0 cm³/mol. The van der Waals surface area contributed by atoms with Crippen LogP contribution < -0.4 is 10.1 Å². The van der Waals surface area contributed by atoms with E-state index in [1.165, 1.54) is 13.2 Å². The van der Waals surface area contributed by atoms with Gasteiger partial charge in [0.2, 0.25) is 0 Å². The maximum Gasteiger partial charge on any atom is 0.258 e. The monoisotopic (exact) mass is 286 g/mol. The number of hydrogen-bond acceptors (Lipinski definition) is 3. The molecule has 4 nitrogen and oxygen atoms in total. The second-order valence-corrected chi connectivity index (χ2v) is 5.51. The fraction of sp³-hybridized carbons (Fsp3) is 0.500. The van der Waals surface area contributed by atoms with Gasteiger partial charge in [-0.25, -0.2) is 8.78 Å². The number of nitrogens with one attached hydrogen (secondary N) is 1. The van der Waals surface area contributed by atoms with Crippen LogP contribution in [0.15, 0.2) is 12.1 Å². The van der Waals surface area contributed by atoms with Crippen molar-refractivity contribution in [3.05, 3.63) is 29.3 Å². The van der Waals surface area contributed by atoms with E-state index < -0.39 is 28.6 Å². The molecule has 1 rings (SSSR count). The number of hydrogen-bond donors (Lipinski definition) is 1. The first kappa shape index (κ1) is 16.4. The third-order valence-electron chi connectivity index (χ3n) is 2.67. The summed E-state index contributed by atoms with van der Waals surface area (Å²) < 4.78 is 32.0. The van der Waals surface area contributed by atoms with E-state index in [0.717, 1.165) is 6.07 Å². The molecule has 0 aliphatic rings. The number of halogens is 2. The lowest BCUT2D eigenvalue weighted by Crippen LogP contribution is -2.50. The van der Waals surface area contributed by atoms with Crippen LogP contribution in [0, 0.1) is 11.6 Å². The Morgan fingerprint density at radius 3 is 2.45 bits per heavy atom. The minimum Gasteiger partial charge on any atom is -0.496 e. The van der Waals surface area contributed by atoms with Gasteiger partial charge in [-0.2, -0.15) is 0 Å². The molecule has 0 fully saturated rings. The van der Waals surface area contributed by atoms with Crippen LogP contribution in [-0.2, 0) is 0 Å². The lowest BCUT2D eigenvalue weighted by Gasteiger charge is -2.29. The number of likely N-dealkylation sites (N-methyl/N-ethyl adjacent to an activating group) is 1. The standard InChI is InChI=1S/C14H20F2N2O2/c1-14(2,8-18(3)4)17-13(19)11-10(20-5)7-6-9(15)12(11)16/h6-7H,8H2,1-5H3,(H,17,19). The van der Waals surface area contributed by atoms with Gasteiger partial charge in [0.25, 0.3) is 5.91 Å². The molecular formula is C14H20F2N2O2. The van der Waals surface area contributed by atoms with Crippen LogP contribution in [0.25, 0.3) is 0 Å². The first-order valence-electron chi connectivity index (χ1n) is 6.17. The number of methoxy groups -OCH3 is 1. The normalized spacial score (nSPS) is 11.6. The molecule has 6 heteroatoms. The predicted octanol–water partition coefficient (Wildman–Crippen LogP) is 2.04. The van der Waals surface area contributed by atoms with Crippen LogP contribution in [0.2, 0.25) is 0 Å². The van der Waals surface area contributed by atoms with Crippen LogP contribution in [0.4, 0.5) is 8.78 Å². The number of carbonyl (C=O) groups is 1. The van der Waals surface area contributed by atoms with Crippen molar-refractivity contribution in [3.63, 3.8) is 0 Å². The third kappa shape index (κ3) is 3.90. The second-order valence-electron chi connectivity index (χ2n) is 5.51. The van der Waals surface area contributed by atoms with Gasteiger partial charge in [-0.15, -0.1) is 0 Å². The Hall–Kier alpha value is -1.69. The van der Waals surface area contributed by atoms with Crippen LogP contribution >= 0.6 is 0 Å². The minimum atomic E-state index is -1.21. The molecule has 0 heterocycles. The highest BCUT2D eigenvalue weighted by Gasteiger charge is 2.27. The molecule has 20 heavy (non-hydrogen) atoms. The van der Waals surface area contributed by atoms with Gasteiger partial charge in [-0.05, 0) is 40.1 Å². The van der Waals surface area contributed by atoms with Crippen molar-refractivity contribution in [2.75, 3.05) is 27.7 Å². The van der Waals surface area contributed by atoms with Crippen molar-refractivity contribution in [2.24, 2.45) is 0 Å². The lowest BCUT2D eigenvalue weighted by molar-refractivity contribution is 0.0891. The average Bonchev–Trinajstić information content (AvgIpc) is 2.29. The molecule has 0 aromatic heterocycles. The Morgan fingerprint density at radius 2 is 1.95 bits per heavy atom. The Labute approximate surface area is 117 Å². The molecule has 0 bridgehead atoms. The molecule has 0 unspecified atom stereocenters. The van der Waals surface area contributed by atoms with Crippen molar-refractivity contribution in [2.45, 2.75) is 19.4 Å². The van der Waals surface area contributed by atoms with Gasteiger partial charge in [0.05, 0.1) is 7.11 Å². The molecular weight excluding hydrogens is 266 g/mol. The Kier molecular flexibility index (Phi) is 5.05. The maximum absolute atomic E-state index is 13.8. The number of benzene rings is 1. The second kappa shape index (κ2) is 6.17. The third-order valence-corrected chi connectivity index (χ3v) is 2.67. The minimum absolute atomic E-state index is 0.00190. The summed E-state index contributed by atoms with van der Waals surface area (Å²) in [5.74, 6) is -2.99. The van der Waals surface area contributed by atoms with Crippen molar-refractivity contribution >= 4 is 5.91 Å². The van der Waals surface area contributed by atoms with E-state index in [1.807, 2.05) is 19.0 Å². The van der Waals surface area contributed by atoms with Gasteiger partial charge in [-0.3, -0.25) is 4.79 Å². The van der Waals surface area contributed by atoms with Crippen LogP contribution in [-0.4, -0.2) is 44.1 Å². The molecule has 0 aliphatic heterocycles. The van der Waals surface area contributed by atoms with Gasteiger partial charge in [0.15, 0.2) is 11.6 Å². The summed E-state index contributed by atoms with van der Waals surface area (Å²) in [5, 5.41) is 2.68. The van der Waals surface area contributed by atoms with E-state index in [0.29, 0.717) is 6.54 Å². The van der Waals surface area contributed by atoms with E-state index in [-0.39, 0.29) is 5.75 Å². The molecule has 0 saturated carbocycles.